The van der Waals surface area contributed by atoms with Gasteiger partial charge in [-0.05, 0) is 43.9 Å². The average molecular weight is 438 g/mol. The van der Waals surface area contributed by atoms with Gasteiger partial charge in [-0.25, -0.2) is 9.18 Å². The van der Waals surface area contributed by atoms with Crippen LogP contribution in [0, 0.1) is 5.82 Å². The molecule has 2 N–H and O–H groups in total. The highest BCUT2D eigenvalue weighted by atomic mass is 35.5. The molecule has 0 bridgehead atoms. The molecule has 2 fully saturated rings. The Labute approximate surface area is 178 Å². The Kier molecular flexibility index (Phi) is 6.25. The van der Waals surface area contributed by atoms with E-state index in [1.165, 1.54) is 42.7 Å². The first-order chi connectivity index (χ1) is 14.0. The molecular weight excluding hydrogens is 413 g/mol. The van der Waals surface area contributed by atoms with Gasteiger partial charge in [0.15, 0.2) is 0 Å². The number of fused-ring (bicyclic) bond motifs is 1. The molecule has 29 heavy (non-hydrogen) atoms. The molecule has 4 rings (SSSR count). The molecule has 1 aliphatic heterocycles. The molecule has 1 saturated carbocycles. The largest absolute Gasteiger partial charge is 0.348 e. The van der Waals surface area contributed by atoms with Crippen LogP contribution in [0.25, 0.3) is 10.1 Å². The van der Waals surface area contributed by atoms with Crippen molar-refractivity contribution in [3.63, 3.8) is 0 Å². The van der Waals surface area contributed by atoms with Crippen molar-refractivity contribution in [1.82, 2.24) is 15.5 Å². The number of hydrogen-bond donors (Lipinski definition) is 2. The molecule has 8 heteroatoms. The lowest BCUT2D eigenvalue weighted by atomic mass is 9.95. The Balaban J connectivity index is 1.31. The lowest BCUT2D eigenvalue weighted by Gasteiger charge is -2.34. The second-order valence-electron chi connectivity index (χ2n) is 7.90. The fraction of sp³-hybridized carbons (Fsp3) is 0.524. The second kappa shape index (κ2) is 8.88. The summed E-state index contributed by atoms with van der Waals surface area (Å²) in [6, 6.07) is 4.65. The minimum Gasteiger partial charge on any atom is -0.348 e. The molecule has 1 saturated heterocycles. The van der Waals surface area contributed by atoms with E-state index in [9.17, 15) is 14.0 Å². The van der Waals surface area contributed by atoms with E-state index in [-0.39, 0.29) is 23.8 Å². The minimum atomic E-state index is -0.346. The number of carbonyl (C=O) groups excluding carboxylic acids is 2. The molecule has 1 aromatic heterocycles. The van der Waals surface area contributed by atoms with Gasteiger partial charge in [0.1, 0.15) is 10.7 Å². The van der Waals surface area contributed by atoms with Crippen molar-refractivity contribution in [2.24, 2.45) is 0 Å². The zero-order valence-corrected chi connectivity index (χ0v) is 17.8. The summed E-state index contributed by atoms with van der Waals surface area (Å²) in [7, 11) is 0. The van der Waals surface area contributed by atoms with Crippen LogP contribution in [0.15, 0.2) is 18.2 Å². The van der Waals surface area contributed by atoms with Crippen molar-refractivity contribution in [3.05, 3.63) is 33.9 Å². The van der Waals surface area contributed by atoms with Crippen LogP contribution in [0.2, 0.25) is 5.02 Å². The van der Waals surface area contributed by atoms with Gasteiger partial charge in [0.2, 0.25) is 0 Å². The second-order valence-corrected chi connectivity index (χ2v) is 9.34. The van der Waals surface area contributed by atoms with Crippen molar-refractivity contribution in [3.8, 4) is 0 Å². The van der Waals surface area contributed by atoms with Gasteiger partial charge in [0.25, 0.3) is 5.91 Å². The maximum absolute atomic E-state index is 13.4. The van der Waals surface area contributed by atoms with Crippen molar-refractivity contribution in [2.45, 2.75) is 57.0 Å². The third-order valence-electron chi connectivity index (χ3n) is 5.85. The number of carbonyl (C=O) groups is 2. The molecule has 2 aromatic rings. The summed E-state index contributed by atoms with van der Waals surface area (Å²) in [5, 5.41) is 7.24. The molecule has 1 aromatic carbocycles. The van der Waals surface area contributed by atoms with Crippen LogP contribution in [0.4, 0.5) is 9.18 Å². The minimum absolute atomic E-state index is 0.000699. The Morgan fingerprint density at radius 3 is 2.45 bits per heavy atom. The normalized spacial score (nSPS) is 18.8. The van der Waals surface area contributed by atoms with Crippen LogP contribution < -0.4 is 10.6 Å². The Morgan fingerprint density at radius 1 is 1.03 bits per heavy atom. The van der Waals surface area contributed by atoms with Crippen molar-refractivity contribution < 1.29 is 14.0 Å². The molecule has 1 aliphatic carbocycles. The number of rotatable bonds is 3. The van der Waals surface area contributed by atoms with Crippen LogP contribution in [0.1, 0.15) is 54.6 Å². The SMILES string of the molecule is O=C(NC1CCN(C(=O)NC2CCCCC2)CC1)c1sc2cc(F)ccc2c1Cl. The topological polar surface area (TPSA) is 61.4 Å². The Morgan fingerprint density at radius 2 is 1.72 bits per heavy atom. The molecule has 5 nitrogen and oxygen atoms in total. The summed E-state index contributed by atoms with van der Waals surface area (Å²) in [5.74, 6) is -0.581. The van der Waals surface area contributed by atoms with Crippen LogP contribution in [-0.4, -0.2) is 42.0 Å². The molecule has 156 valence electrons. The Hall–Kier alpha value is -1.86. The van der Waals surface area contributed by atoms with E-state index in [4.69, 9.17) is 11.6 Å². The fourth-order valence-electron chi connectivity index (χ4n) is 4.18. The zero-order chi connectivity index (χ0) is 20.4. The summed E-state index contributed by atoms with van der Waals surface area (Å²) in [5.41, 5.74) is 0. The monoisotopic (exact) mass is 437 g/mol. The number of benzene rings is 1. The van der Waals surface area contributed by atoms with Gasteiger partial charge in [0, 0.05) is 35.3 Å². The van der Waals surface area contributed by atoms with Gasteiger partial charge in [-0.2, -0.15) is 0 Å². The van der Waals surface area contributed by atoms with Gasteiger partial charge in [-0.1, -0.05) is 30.9 Å². The predicted molar refractivity (Wildman–Crippen MR) is 114 cm³/mol. The number of likely N-dealkylation sites (tertiary alicyclic amines) is 1. The molecular formula is C21H25ClFN3O2S. The zero-order valence-electron chi connectivity index (χ0n) is 16.2. The van der Waals surface area contributed by atoms with Gasteiger partial charge >= 0.3 is 6.03 Å². The summed E-state index contributed by atoms with van der Waals surface area (Å²) in [6.07, 6.45) is 7.19. The lowest BCUT2D eigenvalue weighted by Crippen LogP contribution is -2.51. The first kappa shape index (κ1) is 20.4. The van der Waals surface area contributed by atoms with Crippen LogP contribution in [-0.2, 0) is 0 Å². The van der Waals surface area contributed by atoms with Gasteiger partial charge < -0.3 is 15.5 Å². The highest BCUT2D eigenvalue weighted by Crippen LogP contribution is 2.35. The van der Waals surface area contributed by atoms with E-state index >= 15 is 0 Å². The molecule has 3 amide bonds. The van der Waals surface area contributed by atoms with Crippen molar-refractivity contribution in [1.29, 1.82) is 0 Å². The first-order valence-corrected chi connectivity index (χ1v) is 11.4. The van der Waals surface area contributed by atoms with E-state index < -0.39 is 0 Å². The maximum Gasteiger partial charge on any atom is 0.317 e. The number of halogens is 2. The average Bonchev–Trinajstić information content (AvgIpc) is 3.05. The van der Waals surface area contributed by atoms with Gasteiger partial charge in [-0.15, -0.1) is 11.3 Å². The quantitative estimate of drug-likeness (QED) is 0.715. The van der Waals surface area contributed by atoms with Gasteiger partial charge in [0.05, 0.1) is 5.02 Å². The summed E-state index contributed by atoms with van der Waals surface area (Å²) < 4.78 is 14.1. The number of urea groups is 1. The molecule has 0 radical (unpaired) electrons. The predicted octanol–water partition coefficient (Wildman–Crippen LogP) is 4.93. The number of piperidine rings is 1. The molecule has 0 unspecified atom stereocenters. The van der Waals surface area contributed by atoms with Crippen molar-refractivity contribution >= 4 is 45.0 Å². The summed E-state index contributed by atoms with van der Waals surface area (Å²) >= 11 is 7.55. The smallest absolute Gasteiger partial charge is 0.317 e. The molecule has 0 atom stereocenters. The number of amides is 3. The molecule has 2 heterocycles. The number of nitrogens with one attached hydrogen (secondary N) is 2. The molecule has 2 aliphatic rings. The summed E-state index contributed by atoms with van der Waals surface area (Å²) in [6.45, 7) is 1.24. The molecule has 0 spiro atoms. The first-order valence-electron chi connectivity index (χ1n) is 10.2. The highest BCUT2D eigenvalue weighted by Gasteiger charge is 2.27. The third-order valence-corrected chi connectivity index (χ3v) is 7.50. The van der Waals surface area contributed by atoms with Gasteiger partial charge in [-0.3, -0.25) is 4.79 Å². The van der Waals surface area contributed by atoms with E-state index in [0.717, 1.165) is 12.8 Å². The Bertz CT molecular complexity index is 905. The fourth-order valence-corrected chi connectivity index (χ4v) is 5.62. The number of hydrogen-bond acceptors (Lipinski definition) is 3. The van der Waals surface area contributed by atoms with Crippen LogP contribution >= 0.6 is 22.9 Å². The number of thiophene rings is 1. The lowest BCUT2D eigenvalue weighted by molar-refractivity contribution is 0.0921. The van der Waals surface area contributed by atoms with E-state index in [1.807, 2.05) is 4.90 Å². The van der Waals surface area contributed by atoms with Crippen molar-refractivity contribution in [2.75, 3.05) is 13.1 Å². The van der Waals surface area contributed by atoms with E-state index in [1.54, 1.807) is 6.07 Å². The van der Waals surface area contributed by atoms with Crippen LogP contribution in [0.3, 0.4) is 0 Å². The van der Waals surface area contributed by atoms with Crippen LogP contribution in [0.5, 0.6) is 0 Å². The number of nitrogens with zero attached hydrogens (tertiary/aromatic N) is 1. The van der Waals surface area contributed by atoms with E-state index in [2.05, 4.69) is 10.6 Å². The highest BCUT2D eigenvalue weighted by molar-refractivity contribution is 7.21. The third kappa shape index (κ3) is 4.67. The maximum atomic E-state index is 13.4. The standard InChI is InChI=1S/C21H25ClFN3O2S/c22-18-16-7-6-13(23)12-17(16)29-19(18)20(27)24-15-8-10-26(11-9-15)21(28)25-14-4-2-1-3-5-14/h6-7,12,14-15H,1-5,8-11H2,(H,24,27)(H,25,28). The summed E-state index contributed by atoms with van der Waals surface area (Å²) in [4.78, 5) is 27.4. The van der Waals surface area contributed by atoms with E-state index in [0.29, 0.717) is 52.0 Å².